The minimum absolute atomic E-state index is 0.0327. The molecule has 0 spiro atoms. The number of aliphatic hydroxyl groups excluding tert-OH is 1. The molecule has 4 N–H and O–H groups in total. The summed E-state index contributed by atoms with van der Waals surface area (Å²) in [5.74, 6) is -2.79. The first-order valence-electron chi connectivity index (χ1n) is 27.5. The number of hydrogen-bond donors (Lipinski definition) is 3. The summed E-state index contributed by atoms with van der Waals surface area (Å²) < 4.78 is 65.5. The van der Waals surface area contributed by atoms with Crippen LogP contribution in [0.1, 0.15) is 60.3 Å². The molecule has 5 amide bonds. The lowest BCUT2D eigenvalue weighted by Crippen LogP contribution is -2.55. The number of methoxy groups -OCH3 is 1. The maximum Gasteiger partial charge on any atom is 0.255 e. The van der Waals surface area contributed by atoms with Gasteiger partial charge in [0.2, 0.25) is 23.6 Å². The number of carbonyl (C=O) groups excluding carboxylic acids is 5. The van der Waals surface area contributed by atoms with Gasteiger partial charge in [0.25, 0.3) is 5.91 Å². The number of likely N-dealkylation sites (tertiary alicyclic amines) is 1. The molecule has 1 unspecified atom stereocenters. The van der Waals surface area contributed by atoms with Crippen molar-refractivity contribution in [2.45, 2.75) is 71.3 Å². The highest BCUT2D eigenvalue weighted by atomic mass is 32.1. The third kappa shape index (κ3) is 12.5. The van der Waals surface area contributed by atoms with Crippen LogP contribution >= 0.6 is 11.3 Å². The van der Waals surface area contributed by atoms with Gasteiger partial charge in [-0.25, -0.2) is 13.8 Å². The Bertz CT molecular complexity index is 3600. The quantitative estimate of drug-likeness (QED) is 0.0360. The molecule has 0 radical (unpaired) electrons. The fraction of sp³-hybridized carbons (Fsp3) is 0.339. The highest BCUT2D eigenvalue weighted by molar-refractivity contribution is 7.13. The zero-order chi connectivity index (χ0) is 59.2. The molecule has 3 atom stereocenters. The number of aromatic nitrogens is 2. The Hall–Kier alpha value is -8.57. The molecule has 2 aromatic heterocycles. The molecule has 22 heteroatoms. The number of fused-ring (bicyclic) bond motifs is 2. The molecule has 10 rings (SSSR count). The van der Waals surface area contributed by atoms with Gasteiger partial charge in [0.1, 0.15) is 48.0 Å². The van der Waals surface area contributed by atoms with E-state index in [4.69, 9.17) is 34.2 Å². The molecule has 2 fully saturated rings. The number of aliphatic hydroxyl groups is 1. The van der Waals surface area contributed by atoms with Crippen molar-refractivity contribution >= 4 is 63.2 Å². The topological polar surface area (TPSA) is 235 Å². The van der Waals surface area contributed by atoms with Gasteiger partial charge in [-0.15, -0.1) is 11.3 Å². The molecule has 1 aliphatic carbocycles. The number of anilines is 2. The number of hydrogen-bond acceptors (Lipinski definition) is 15. The Labute approximate surface area is 487 Å². The number of carbonyl (C=O) groups is 5. The van der Waals surface area contributed by atoms with Crippen molar-refractivity contribution < 1.29 is 66.3 Å². The second-order valence-corrected chi connectivity index (χ2v) is 21.9. The van der Waals surface area contributed by atoms with Crippen molar-refractivity contribution in [3.05, 3.63) is 149 Å². The van der Waals surface area contributed by atoms with E-state index in [2.05, 4.69) is 15.3 Å². The molecule has 19 nitrogen and oxygen atoms in total. The second kappa shape index (κ2) is 25.5. The number of nitrogens with two attached hydrogens (primary N) is 1. The van der Waals surface area contributed by atoms with Crippen molar-refractivity contribution in [2.24, 2.45) is 17.1 Å². The van der Waals surface area contributed by atoms with E-state index in [9.17, 15) is 33.5 Å². The van der Waals surface area contributed by atoms with E-state index in [1.54, 1.807) is 40.7 Å². The molecule has 438 valence electrons. The van der Waals surface area contributed by atoms with Crippen molar-refractivity contribution in [1.29, 1.82) is 0 Å². The van der Waals surface area contributed by atoms with Crippen molar-refractivity contribution in [1.82, 2.24) is 25.1 Å². The van der Waals surface area contributed by atoms with Crippen LogP contribution in [0.5, 0.6) is 28.7 Å². The highest BCUT2D eigenvalue weighted by Gasteiger charge is 2.57. The summed E-state index contributed by atoms with van der Waals surface area (Å²) in [6.07, 6.45) is 1.11. The van der Waals surface area contributed by atoms with Crippen molar-refractivity contribution in [2.75, 3.05) is 58.2 Å². The van der Waals surface area contributed by atoms with E-state index in [1.807, 2.05) is 51.1 Å². The Morgan fingerprint density at radius 1 is 0.833 bits per heavy atom. The molecule has 1 saturated carbocycles. The number of thiazole rings is 1. The summed E-state index contributed by atoms with van der Waals surface area (Å²) in [6, 6.07) is 25.0. The van der Waals surface area contributed by atoms with Crippen LogP contribution in [-0.2, 0) is 41.7 Å². The molecule has 4 heterocycles. The lowest BCUT2D eigenvalue weighted by molar-refractivity contribution is -0.143. The summed E-state index contributed by atoms with van der Waals surface area (Å²) in [4.78, 5) is 81.8. The number of aryl methyl sites for hydroxylation is 1. The van der Waals surface area contributed by atoms with E-state index >= 15 is 4.39 Å². The number of amides is 5. The van der Waals surface area contributed by atoms with Crippen LogP contribution in [-0.4, -0.2) is 126 Å². The van der Waals surface area contributed by atoms with Gasteiger partial charge < -0.3 is 54.4 Å². The van der Waals surface area contributed by atoms with Crippen LogP contribution in [0.2, 0.25) is 0 Å². The molecule has 3 aliphatic rings. The highest BCUT2D eigenvalue weighted by Crippen LogP contribution is 2.49. The number of benzene rings is 5. The minimum atomic E-state index is -1.44. The predicted molar refractivity (Wildman–Crippen MR) is 307 cm³/mol. The standard InChI is InChI=1S/C62H63F2N7O12S/c1-36(2)55(70-33-40-7-5-6-8-45(40)58(70)74)59(75)69-34-44(72)29-49(69)57(73)67-32-39-10-9-38(56-37(3)68-35-84-56)27-52(39)81-25-23-79-21-22-80-24-26-82-54-31-48-46(30-53(54)78-4)50(17-20-66-48)83-51-16-15-43(28-47(51)64)71(42-13-11-41(63)12-14-42)61(77)62(18-19-62)60(65)76/h5-17,20,27-28,30-31,35-36,44,49,55,72H,18-19,21-26,29,32-34H2,1-4H3,(H2,65,76)(H,67,73)/t44-,49+,55?/m1/s1. The molecule has 5 aromatic carbocycles. The second-order valence-electron chi connectivity index (χ2n) is 21.0. The number of nitrogens with one attached hydrogen (secondary N) is 1. The van der Waals surface area contributed by atoms with E-state index in [-0.39, 0.29) is 119 Å². The van der Waals surface area contributed by atoms with Crippen molar-refractivity contribution in [3.63, 3.8) is 0 Å². The Balaban J connectivity index is 0.703. The van der Waals surface area contributed by atoms with Gasteiger partial charge in [-0.1, -0.05) is 44.2 Å². The summed E-state index contributed by atoms with van der Waals surface area (Å²) in [6.45, 7) is 7.23. The van der Waals surface area contributed by atoms with Gasteiger partial charge in [-0.2, -0.15) is 0 Å². The average molecular weight is 1170 g/mol. The Morgan fingerprint density at radius 2 is 1.55 bits per heavy atom. The summed E-state index contributed by atoms with van der Waals surface area (Å²) >= 11 is 1.50. The van der Waals surface area contributed by atoms with Gasteiger partial charge in [-0.05, 0) is 97.5 Å². The third-order valence-electron chi connectivity index (χ3n) is 15.1. The largest absolute Gasteiger partial charge is 0.493 e. The smallest absolute Gasteiger partial charge is 0.255 e. The van der Waals surface area contributed by atoms with Gasteiger partial charge in [0, 0.05) is 66.6 Å². The number of ether oxygens (including phenoxy) is 6. The number of rotatable bonds is 25. The minimum Gasteiger partial charge on any atom is -0.493 e. The van der Waals surface area contributed by atoms with Crippen LogP contribution in [0.25, 0.3) is 21.3 Å². The van der Waals surface area contributed by atoms with Gasteiger partial charge in [0.05, 0.1) is 66.9 Å². The Morgan fingerprint density at radius 3 is 2.21 bits per heavy atom. The number of β-amino-alcohol motifs (C(OH)–C–C–N with tert-alkyl or cyclic N) is 1. The molecular formula is C62H63F2N7O12S. The Kier molecular flexibility index (Phi) is 17.8. The zero-order valence-electron chi connectivity index (χ0n) is 46.7. The summed E-state index contributed by atoms with van der Waals surface area (Å²) in [7, 11) is 1.47. The number of nitrogens with zero attached hydrogens (tertiary/aromatic N) is 5. The fourth-order valence-electron chi connectivity index (χ4n) is 10.6. The number of primary amides is 1. The van der Waals surface area contributed by atoms with Crippen LogP contribution in [0.4, 0.5) is 20.2 Å². The summed E-state index contributed by atoms with van der Waals surface area (Å²) in [5, 5.41) is 14.3. The maximum absolute atomic E-state index is 15.9. The van der Waals surface area contributed by atoms with E-state index in [0.717, 1.165) is 44.8 Å². The van der Waals surface area contributed by atoms with E-state index < -0.39 is 53.0 Å². The molecule has 0 bridgehead atoms. The number of halogens is 2. The van der Waals surface area contributed by atoms with Crippen LogP contribution in [0.3, 0.4) is 0 Å². The van der Waals surface area contributed by atoms with Crippen molar-refractivity contribution in [3.8, 4) is 39.2 Å². The molecule has 7 aromatic rings. The van der Waals surface area contributed by atoms with Gasteiger partial charge in [0.15, 0.2) is 23.1 Å². The maximum atomic E-state index is 15.9. The first-order chi connectivity index (χ1) is 40.5. The fourth-order valence-corrected chi connectivity index (χ4v) is 11.4. The molecule has 1 saturated heterocycles. The first-order valence-corrected chi connectivity index (χ1v) is 28.4. The lowest BCUT2D eigenvalue weighted by atomic mass is 10.0. The average Bonchev–Trinajstić information content (AvgIpc) is 3.29. The zero-order valence-corrected chi connectivity index (χ0v) is 47.5. The van der Waals surface area contributed by atoms with Crippen LogP contribution in [0, 0.1) is 29.9 Å². The van der Waals surface area contributed by atoms with E-state index in [0.29, 0.717) is 39.3 Å². The number of pyridine rings is 1. The van der Waals surface area contributed by atoms with Crippen LogP contribution < -0.4 is 34.9 Å². The van der Waals surface area contributed by atoms with Gasteiger partial charge >= 0.3 is 0 Å². The monoisotopic (exact) mass is 1170 g/mol. The SMILES string of the molecule is COc1cc2c(Oc3ccc(N(C(=O)C4(C(N)=O)CC4)c4ccc(F)cc4)cc3F)ccnc2cc1OCCOCCOCCOc1cc(-c2scnc2C)ccc1CNC(=O)[C@@H]1C[C@@H](O)CN1C(=O)C(C(C)C)N1Cc2ccccc2C1=O. The van der Waals surface area contributed by atoms with E-state index in [1.165, 1.54) is 53.8 Å². The molecular weight excluding hydrogens is 1100 g/mol. The third-order valence-corrected chi connectivity index (χ3v) is 16.1. The normalized spacial score (nSPS) is 16.4. The molecule has 84 heavy (non-hydrogen) atoms. The predicted octanol–water partition coefficient (Wildman–Crippen LogP) is 8.43. The molecule has 2 aliphatic heterocycles. The lowest BCUT2D eigenvalue weighted by Gasteiger charge is -2.35. The van der Waals surface area contributed by atoms with Gasteiger partial charge in [-0.3, -0.25) is 33.9 Å². The first kappa shape index (κ1) is 58.6. The van der Waals surface area contributed by atoms with Crippen LogP contribution in [0.15, 0.2) is 115 Å². The summed E-state index contributed by atoms with van der Waals surface area (Å²) in [5.41, 5.74) is 10.5.